The lowest BCUT2D eigenvalue weighted by atomic mass is 10.0. The summed E-state index contributed by atoms with van der Waals surface area (Å²) in [6.45, 7) is 10.8. The molecule has 0 unspecified atom stereocenters. The Bertz CT molecular complexity index is 1250. The van der Waals surface area contributed by atoms with Gasteiger partial charge in [0.2, 0.25) is 5.78 Å². The van der Waals surface area contributed by atoms with Gasteiger partial charge in [0, 0.05) is 23.8 Å². The van der Waals surface area contributed by atoms with Gasteiger partial charge in [-0.15, -0.1) is 0 Å². The number of aliphatic carboxylic acids is 2. The number of unbranched alkanes of at least 4 members (excludes halogenated alkanes) is 3. The molecule has 0 aliphatic rings. The number of fused-ring (bicyclic) bond motifs is 1. The van der Waals surface area contributed by atoms with Crippen LogP contribution in [0.25, 0.3) is 5.52 Å². The topological polar surface area (TPSA) is 109 Å². The number of halogens is 1. The molecule has 2 heterocycles. The molecule has 3 aromatic rings. The number of hydrogen-bond donors (Lipinski definition) is 2. The van der Waals surface area contributed by atoms with Crippen molar-refractivity contribution in [1.29, 1.82) is 0 Å². The minimum absolute atomic E-state index is 0.0528. The van der Waals surface area contributed by atoms with Gasteiger partial charge in [0.25, 0.3) is 0 Å². The first kappa shape index (κ1) is 34.0. The maximum Gasteiger partial charge on any atom is 0.414 e. The minimum atomic E-state index is -1.82. The normalized spacial score (nSPS) is 10.9. The Hall–Kier alpha value is -3.17. The summed E-state index contributed by atoms with van der Waals surface area (Å²) in [5.41, 5.74) is 3.63. The van der Waals surface area contributed by atoms with Crippen LogP contribution in [0.5, 0.6) is 5.75 Å². The first-order valence-corrected chi connectivity index (χ1v) is 15.3. The Labute approximate surface area is 251 Å². The predicted molar refractivity (Wildman–Crippen MR) is 165 cm³/mol. The number of aryl methyl sites for hydroxylation is 1. The molecule has 9 heteroatoms. The molecule has 2 aromatic heterocycles. The maximum atomic E-state index is 13.6. The van der Waals surface area contributed by atoms with Crippen molar-refractivity contribution in [2.45, 2.75) is 72.1 Å². The molecule has 0 bridgehead atoms. The molecule has 0 aliphatic heterocycles. The molecule has 0 amide bonds. The first-order valence-electron chi connectivity index (χ1n) is 14.5. The molecule has 0 radical (unpaired) electrons. The van der Waals surface area contributed by atoms with Gasteiger partial charge in [-0.3, -0.25) is 4.79 Å². The van der Waals surface area contributed by atoms with Crippen LogP contribution in [-0.4, -0.2) is 63.5 Å². The van der Waals surface area contributed by atoms with Crippen LogP contribution >= 0.6 is 15.9 Å². The second kappa shape index (κ2) is 18.3. The largest absolute Gasteiger partial charge is 0.492 e. The summed E-state index contributed by atoms with van der Waals surface area (Å²) in [4.78, 5) is 34.3. The van der Waals surface area contributed by atoms with Crippen molar-refractivity contribution in [2.75, 3.05) is 26.2 Å². The van der Waals surface area contributed by atoms with E-state index in [0.717, 1.165) is 59.2 Å². The Balaban J connectivity index is 0.000000883. The molecule has 8 nitrogen and oxygen atoms in total. The van der Waals surface area contributed by atoms with E-state index in [4.69, 9.17) is 24.5 Å². The van der Waals surface area contributed by atoms with Gasteiger partial charge < -0.3 is 24.3 Å². The first-order chi connectivity index (χ1) is 19.7. The number of aromatic nitrogens is 1. The van der Waals surface area contributed by atoms with E-state index >= 15 is 0 Å². The third-order valence-electron chi connectivity index (χ3n) is 6.68. The van der Waals surface area contributed by atoms with E-state index in [1.54, 1.807) is 0 Å². The van der Waals surface area contributed by atoms with Gasteiger partial charge >= 0.3 is 11.9 Å². The van der Waals surface area contributed by atoms with E-state index in [-0.39, 0.29) is 5.78 Å². The van der Waals surface area contributed by atoms with E-state index in [1.807, 2.05) is 40.9 Å². The van der Waals surface area contributed by atoms with Crippen LogP contribution in [0.4, 0.5) is 0 Å². The molecule has 0 aliphatic carbocycles. The predicted octanol–water partition coefficient (Wildman–Crippen LogP) is 7.10. The Kier molecular flexibility index (Phi) is 15.2. The standard InChI is InChI=1S/C30H41BrN2O2.C2H2O4/c1-4-7-13-24-22-26-14-10-11-20-33(26)29(24)30(34)25-15-16-28(27(31)23-25)35-21-12-19-32(17-8-5-2)18-9-6-3;3-1(4)2(5)6/h10-11,14-16,20,22-23H,4-9,12-13,17-19,21H2,1-3H3;(H,3,4)(H,5,6). The number of carbonyl (C=O) groups is 3. The molecule has 0 atom stereocenters. The van der Waals surface area contributed by atoms with E-state index in [9.17, 15) is 4.79 Å². The Morgan fingerprint density at radius 1 is 0.854 bits per heavy atom. The molecule has 1 aromatic carbocycles. The zero-order valence-corrected chi connectivity index (χ0v) is 26.0. The second-order valence-electron chi connectivity index (χ2n) is 9.95. The van der Waals surface area contributed by atoms with E-state index < -0.39 is 11.9 Å². The van der Waals surface area contributed by atoms with Crippen molar-refractivity contribution >= 4 is 39.2 Å². The number of ketones is 1. The maximum absolute atomic E-state index is 13.6. The van der Waals surface area contributed by atoms with E-state index in [0.29, 0.717) is 12.2 Å². The fraction of sp³-hybridized carbons (Fsp3) is 0.469. The Morgan fingerprint density at radius 2 is 1.49 bits per heavy atom. The number of hydrogen-bond acceptors (Lipinski definition) is 5. The molecule has 0 saturated carbocycles. The smallest absolute Gasteiger partial charge is 0.414 e. The zero-order valence-electron chi connectivity index (χ0n) is 24.4. The summed E-state index contributed by atoms with van der Waals surface area (Å²) in [6.07, 6.45) is 11.0. The van der Waals surface area contributed by atoms with Crippen molar-refractivity contribution in [2.24, 2.45) is 0 Å². The van der Waals surface area contributed by atoms with Gasteiger partial charge in [0.05, 0.1) is 16.8 Å². The fourth-order valence-electron chi connectivity index (χ4n) is 4.46. The van der Waals surface area contributed by atoms with Crippen LogP contribution in [0.3, 0.4) is 0 Å². The number of ether oxygens (including phenoxy) is 1. The average Bonchev–Trinajstić information content (AvgIpc) is 3.33. The van der Waals surface area contributed by atoms with Crippen LogP contribution in [0.1, 0.15) is 87.3 Å². The lowest BCUT2D eigenvalue weighted by Crippen LogP contribution is -2.28. The van der Waals surface area contributed by atoms with Crippen LogP contribution in [-0.2, 0) is 16.0 Å². The second-order valence-corrected chi connectivity index (χ2v) is 10.8. The van der Waals surface area contributed by atoms with Crippen molar-refractivity contribution in [3.8, 4) is 5.75 Å². The SMILES string of the molecule is CCCCc1cc2ccccn2c1C(=O)c1ccc(OCCCN(CCCC)CCCC)c(Br)c1.O=C(O)C(=O)O. The average molecular weight is 632 g/mol. The van der Waals surface area contributed by atoms with Crippen molar-refractivity contribution < 1.29 is 29.3 Å². The summed E-state index contributed by atoms with van der Waals surface area (Å²) in [5.74, 6) is -2.80. The molecule has 41 heavy (non-hydrogen) atoms. The quantitative estimate of drug-likeness (QED) is 0.0986. The molecule has 0 spiro atoms. The fourth-order valence-corrected chi connectivity index (χ4v) is 4.95. The van der Waals surface area contributed by atoms with Gasteiger partial charge in [0.15, 0.2) is 0 Å². The molecule has 0 fully saturated rings. The van der Waals surface area contributed by atoms with Crippen molar-refractivity contribution in [3.63, 3.8) is 0 Å². The van der Waals surface area contributed by atoms with Crippen LogP contribution in [0.15, 0.2) is 53.1 Å². The van der Waals surface area contributed by atoms with Crippen LogP contribution < -0.4 is 4.74 Å². The lowest BCUT2D eigenvalue weighted by molar-refractivity contribution is -0.159. The highest BCUT2D eigenvalue weighted by atomic mass is 79.9. The molecular formula is C32H43BrN2O6. The van der Waals surface area contributed by atoms with Crippen LogP contribution in [0.2, 0.25) is 0 Å². The highest BCUT2D eigenvalue weighted by Crippen LogP contribution is 2.29. The van der Waals surface area contributed by atoms with Gasteiger partial charge in [-0.25, -0.2) is 9.59 Å². The van der Waals surface area contributed by atoms with Crippen molar-refractivity contribution in [1.82, 2.24) is 9.30 Å². The van der Waals surface area contributed by atoms with E-state index in [1.165, 1.54) is 38.8 Å². The summed E-state index contributed by atoms with van der Waals surface area (Å²) in [6, 6.07) is 13.9. The molecule has 0 saturated heterocycles. The number of pyridine rings is 1. The number of nitrogens with zero attached hydrogens (tertiary/aromatic N) is 2. The van der Waals surface area contributed by atoms with Gasteiger partial charge in [0.1, 0.15) is 5.75 Å². The third-order valence-corrected chi connectivity index (χ3v) is 7.30. The molecule has 3 rings (SSSR count). The number of benzene rings is 1. The summed E-state index contributed by atoms with van der Waals surface area (Å²) in [7, 11) is 0. The Morgan fingerprint density at radius 3 is 2.07 bits per heavy atom. The van der Waals surface area contributed by atoms with E-state index in [2.05, 4.69) is 53.7 Å². The monoisotopic (exact) mass is 630 g/mol. The number of carboxylic acids is 2. The number of rotatable bonds is 16. The molecule has 224 valence electrons. The van der Waals surface area contributed by atoms with Gasteiger partial charge in [-0.2, -0.15) is 0 Å². The van der Waals surface area contributed by atoms with Crippen molar-refractivity contribution in [3.05, 3.63) is 70.0 Å². The third kappa shape index (κ3) is 11.0. The molecular weight excluding hydrogens is 588 g/mol. The highest BCUT2D eigenvalue weighted by Gasteiger charge is 2.20. The summed E-state index contributed by atoms with van der Waals surface area (Å²) in [5, 5.41) is 14.8. The lowest BCUT2D eigenvalue weighted by Gasteiger charge is -2.22. The summed E-state index contributed by atoms with van der Waals surface area (Å²) < 4.78 is 8.93. The molecule has 2 N–H and O–H groups in total. The minimum Gasteiger partial charge on any atom is -0.492 e. The van der Waals surface area contributed by atoms with Gasteiger partial charge in [-0.1, -0.05) is 46.1 Å². The summed E-state index contributed by atoms with van der Waals surface area (Å²) >= 11 is 3.64. The zero-order chi connectivity index (χ0) is 30.2. The number of carbonyl (C=O) groups excluding carboxylic acids is 1. The highest BCUT2D eigenvalue weighted by molar-refractivity contribution is 9.10. The van der Waals surface area contributed by atoms with Crippen LogP contribution in [0, 0.1) is 0 Å². The van der Waals surface area contributed by atoms with Gasteiger partial charge in [-0.05, 0) is 103 Å². The number of carboxylic acid groups (broad SMARTS) is 2.